The van der Waals surface area contributed by atoms with Gasteiger partial charge in [-0.3, -0.25) is 4.79 Å². The van der Waals surface area contributed by atoms with Crippen LogP contribution in [0.2, 0.25) is 0 Å². The highest BCUT2D eigenvalue weighted by Gasteiger charge is 2.01. The van der Waals surface area contributed by atoms with Crippen molar-refractivity contribution in [3.05, 3.63) is 71.4 Å². The summed E-state index contributed by atoms with van der Waals surface area (Å²) in [5.41, 5.74) is 4.18. The molecule has 0 saturated carbocycles. The topological polar surface area (TPSA) is 51.2 Å². The minimum atomic E-state index is -0.117. The zero-order chi connectivity index (χ0) is 18.4. The van der Waals surface area contributed by atoms with Crippen LogP contribution in [0.25, 0.3) is 23.1 Å². The lowest BCUT2D eigenvalue weighted by Crippen LogP contribution is -2.28. The van der Waals surface area contributed by atoms with E-state index in [9.17, 15) is 4.79 Å². The Kier molecular flexibility index (Phi) is 5.64. The minimum absolute atomic E-state index is 0.0313. The highest BCUT2D eigenvalue weighted by atomic mass is 16.5. The van der Waals surface area contributed by atoms with E-state index < -0.39 is 0 Å². The monoisotopic (exact) mass is 346 g/mol. The predicted molar refractivity (Wildman–Crippen MR) is 106 cm³/mol. The number of ether oxygens (including phenoxy) is 1. The van der Waals surface area contributed by atoms with Gasteiger partial charge in [0.05, 0.1) is 11.2 Å². The molecule has 0 aliphatic rings. The molecule has 0 radical (unpaired) electrons. The van der Waals surface area contributed by atoms with Crippen molar-refractivity contribution >= 4 is 29.0 Å². The van der Waals surface area contributed by atoms with E-state index in [1.807, 2.05) is 55.5 Å². The molecule has 4 nitrogen and oxygen atoms in total. The van der Waals surface area contributed by atoms with Gasteiger partial charge in [0.2, 0.25) is 0 Å². The second-order valence-corrected chi connectivity index (χ2v) is 6.08. The molecule has 0 aliphatic heterocycles. The summed E-state index contributed by atoms with van der Waals surface area (Å²) in [4.78, 5) is 16.1. The van der Waals surface area contributed by atoms with Crippen molar-refractivity contribution in [1.82, 2.24) is 10.3 Å². The van der Waals surface area contributed by atoms with Gasteiger partial charge in [0.1, 0.15) is 5.75 Å². The number of rotatable bonds is 6. The molecule has 1 heterocycles. The molecule has 0 bridgehead atoms. The minimum Gasteiger partial charge on any atom is -0.484 e. The second kappa shape index (κ2) is 8.30. The average Bonchev–Trinajstić information content (AvgIpc) is 2.66. The highest BCUT2D eigenvalue weighted by Crippen LogP contribution is 2.17. The number of hydrogen-bond acceptors (Lipinski definition) is 3. The maximum Gasteiger partial charge on any atom is 0.257 e. The number of nitrogens with one attached hydrogen (secondary N) is 1. The molecule has 132 valence electrons. The molecule has 1 N–H and O–H groups in total. The van der Waals surface area contributed by atoms with Crippen molar-refractivity contribution in [1.29, 1.82) is 0 Å². The Morgan fingerprint density at radius 2 is 1.88 bits per heavy atom. The Morgan fingerprint density at radius 1 is 1.08 bits per heavy atom. The number of pyridine rings is 1. The summed E-state index contributed by atoms with van der Waals surface area (Å²) >= 11 is 0. The van der Waals surface area contributed by atoms with E-state index in [0.29, 0.717) is 12.3 Å². The molecule has 0 saturated heterocycles. The number of aromatic nitrogens is 1. The maximum atomic E-state index is 11.4. The standard InChI is InChI=1S/C22H22N2O2/c1-3-23-22(25)15-26-20-11-6-17(7-12-20)5-9-19-10-8-18-14-16(2)4-13-21(18)24-19/h4-14H,3,15H2,1-2H3,(H,23,25)/b9-5+. The molecule has 1 aromatic heterocycles. The van der Waals surface area contributed by atoms with Crippen LogP contribution in [-0.4, -0.2) is 24.0 Å². The van der Waals surface area contributed by atoms with E-state index in [1.165, 1.54) is 5.56 Å². The summed E-state index contributed by atoms with van der Waals surface area (Å²) in [6.07, 6.45) is 4.00. The van der Waals surface area contributed by atoms with Crippen molar-refractivity contribution in [3.8, 4) is 5.75 Å². The van der Waals surface area contributed by atoms with Gasteiger partial charge >= 0.3 is 0 Å². The van der Waals surface area contributed by atoms with Crippen LogP contribution >= 0.6 is 0 Å². The summed E-state index contributed by atoms with van der Waals surface area (Å²) < 4.78 is 5.45. The molecular formula is C22H22N2O2. The van der Waals surface area contributed by atoms with Gasteiger partial charge in [0.25, 0.3) is 5.91 Å². The molecule has 26 heavy (non-hydrogen) atoms. The molecule has 0 aliphatic carbocycles. The van der Waals surface area contributed by atoms with Crippen LogP contribution in [0.1, 0.15) is 23.7 Å². The van der Waals surface area contributed by atoms with E-state index in [1.54, 1.807) is 0 Å². The summed E-state index contributed by atoms with van der Waals surface area (Å²) in [6, 6.07) is 18.0. The van der Waals surface area contributed by atoms with Crippen molar-refractivity contribution < 1.29 is 9.53 Å². The largest absolute Gasteiger partial charge is 0.484 e. The zero-order valence-electron chi connectivity index (χ0n) is 15.0. The summed E-state index contributed by atoms with van der Waals surface area (Å²) in [5, 5.41) is 3.85. The lowest BCUT2D eigenvalue weighted by molar-refractivity contribution is -0.122. The van der Waals surface area contributed by atoms with E-state index >= 15 is 0 Å². The van der Waals surface area contributed by atoms with E-state index in [4.69, 9.17) is 4.74 Å². The molecule has 4 heteroatoms. The van der Waals surface area contributed by atoms with Crippen LogP contribution < -0.4 is 10.1 Å². The Morgan fingerprint density at radius 3 is 2.65 bits per heavy atom. The average molecular weight is 346 g/mol. The van der Waals surface area contributed by atoms with Crippen molar-refractivity contribution in [2.45, 2.75) is 13.8 Å². The number of carbonyl (C=O) groups excluding carboxylic acids is 1. The van der Waals surface area contributed by atoms with Crippen molar-refractivity contribution in [3.63, 3.8) is 0 Å². The quantitative estimate of drug-likeness (QED) is 0.727. The molecule has 0 spiro atoms. The molecule has 3 rings (SSSR count). The van der Waals surface area contributed by atoms with Crippen LogP contribution in [0, 0.1) is 6.92 Å². The van der Waals surface area contributed by atoms with Gasteiger partial charge < -0.3 is 10.1 Å². The molecular weight excluding hydrogens is 324 g/mol. The SMILES string of the molecule is CCNC(=O)COc1ccc(/C=C/c2ccc3cc(C)ccc3n2)cc1. The first-order valence-corrected chi connectivity index (χ1v) is 8.69. The fraction of sp³-hybridized carbons (Fsp3) is 0.182. The number of fused-ring (bicyclic) bond motifs is 1. The first-order valence-electron chi connectivity index (χ1n) is 8.69. The van der Waals surface area contributed by atoms with Crippen LogP contribution in [0.4, 0.5) is 0 Å². The fourth-order valence-corrected chi connectivity index (χ4v) is 2.61. The van der Waals surface area contributed by atoms with Gasteiger partial charge in [-0.25, -0.2) is 4.98 Å². The van der Waals surface area contributed by atoms with Gasteiger partial charge in [-0.1, -0.05) is 35.9 Å². The first kappa shape index (κ1) is 17.7. The van der Waals surface area contributed by atoms with E-state index in [2.05, 4.69) is 35.4 Å². The molecule has 0 atom stereocenters. The van der Waals surface area contributed by atoms with Crippen molar-refractivity contribution in [2.75, 3.05) is 13.2 Å². The molecule has 0 unspecified atom stereocenters. The van der Waals surface area contributed by atoms with Crippen LogP contribution in [0.3, 0.4) is 0 Å². The number of carbonyl (C=O) groups is 1. The Bertz CT molecular complexity index is 931. The van der Waals surface area contributed by atoms with Gasteiger partial charge in [0.15, 0.2) is 6.61 Å². The molecule has 1 amide bonds. The number of nitrogens with zero attached hydrogens (tertiary/aromatic N) is 1. The Labute approximate surface area is 153 Å². The number of amides is 1. The predicted octanol–water partition coefficient (Wildman–Crippen LogP) is 4.23. The smallest absolute Gasteiger partial charge is 0.257 e. The van der Waals surface area contributed by atoms with E-state index in [-0.39, 0.29) is 12.5 Å². The summed E-state index contributed by atoms with van der Waals surface area (Å²) in [5.74, 6) is 0.557. The third kappa shape index (κ3) is 4.70. The summed E-state index contributed by atoms with van der Waals surface area (Å²) in [7, 11) is 0. The Hall–Kier alpha value is -3.14. The van der Waals surface area contributed by atoms with Gasteiger partial charge in [-0.05, 0) is 55.8 Å². The number of likely N-dealkylation sites (N-methyl/N-ethyl adjacent to an activating group) is 1. The lowest BCUT2D eigenvalue weighted by Gasteiger charge is -2.06. The lowest BCUT2D eigenvalue weighted by atomic mass is 10.1. The highest BCUT2D eigenvalue weighted by molar-refractivity contribution is 5.81. The van der Waals surface area contributed by atoms with Gasteiger partial charge in [0, 0.05) is 11.9 Å². The number of hydrogen-bond donors (Lipinski definition) is 1. The Balaban J connectivity index is 1.65. The van der Waals surface area contributed by atoms with Crippen LogP contribution in [-0.2, 0) is 4.79 Å². The van der Waals surface area contributed by atoms with Crippen LogP contribution in [0.5, 0.6) is 5.75 Å². The summed E-state index contributed by atoms with van der Waals surface area (Å²) in [6.45, 7) is 4.60. The first-order chi connectivity index (χ1) is 12.6. The van der Waals surface area contributed by atoms with Crippen LogP contribution in [0.15, 0.2) is 54.6 Å². The maximum absolute atomic E-state index is 11.4. The molecule has 3 aromatic rings. The van der Waals surface area contributed by atoms with Crippen molar-refractivity contribution in [2.24, 2.45) is 0 Å². The normalized spacial score (nSPS) is 11.0. The molecule has 2 aromatic carbocycles. The number of benzene rings is 2. The third-order valence-electron chi connectivity index (χ3n) is 3.94. The zero-order valence-corrected chi connectivity index (χ0v) is 15.0. The van der Waals surface area contributed by atoms with Gasteiger partial charge in [-0.2, -0.15) is 0 Å². The third-order valence-corrected chi connectivity index (χ3v) is 3.94. The molecule has 0 fully saturated rings. The van der Waals surface area contributed by atoms with E-state index in [0.717, 1.165) is 22.2 Å². The number of aryl methyl sites for hydroxylation is 1. The fourth-order valence-electron chi connectivity index (χ4n) is 2.61. The second-order valence-electron chi connectivity index (χ2n) is 6.08. The van der Waals surface area contributed by atoms with Gasteiger partial charge in [-0.15, -0.1) is 0 Å².